The first-order valence-electron chi connectivity index (χ1n) is 5.85. The molecular weight excluding hydrogens is 347 g/mol. The third-order valence-corrected chi connectivity index (χ3v) is 4.52. The van der Waals surface area contributed by atoms with Crippen molar-refractivity contribution >= 4 is 33.9 Å². The molecule has 4 nitrogen and oxygen atoms in total. The van der Waals surface area contributed by atoms with Gasteiger partial charge in [-0.25, -0.2) is 0 Å². The Morgan fingerprint density at radius 1 is 0.905 bits per heavy atom. The van der Waals surface area contributed by atoms with E-state index in [1.807, 2.05) is 0 Å². The summed E-state index contributed by atoms with van der Waals surface area (Å²) in [5.74, 6) is 1.43. The number of halogens is 2. The van der Waals surface area contributed by atoms with Gasteiger partial charge in [0.05, 0.1) is 0 Å². The largest absolute Gasteiger partial charge is 1.00 e. The highest BCUT2D eigenvalue weighted by molar-refractivity contribution is 8.13. The summed E-state index contributed by atoms with van der Waals surface area (Å²) in [6, 6.07) is 2.15. The highest BCUT2D eigenvalue weighted by Crippen LogP contribution is 2.28. The molecule has 0 saturated carbocycles. The Kier molecular flexibility index (Phi) is 11.0. The molecule has 0 aliphatic rings. The molecule has 1 aromatic carbocycles. The van der Waals surface area contributed by atoms with Crippen molar-refractivity contribution in [3.8, 4) is 0 Å². The van der Waals surface area contributed by atoms with Gasteiger partial charge in [0.2, 0.25) is 0 Å². The molecule has 6 N–H and O–H groups in total. The van der Waals surface area contributed by atoms with Gasteiger partial charge in [-0.05, 0) is 48.6 Å². The lowest BCUT2D eigenvalue weighted by Gasteiger charge is -2.16. The molecule has 0 amide bonds. The van der Waals surface area contributed by atoms with Crippen molar-refractivity contribution in [1.82, 2.24) is 0 Å². The minimum absolute atomic E-state index is 0. The number of benzene rings is 1. The summed E-state index contributed by atoms with van der Waals surface area (Å²) in [6.07, 6.45) is 0. The standard InChI is InChI=1S/C13H20N4S2.2ClH/c1-7-4-8(2)11(6-19-13(16)17)9(3)10(7)5-18-12(14)15;;/h4H,5-6H2,1-3H3,(H3,14,15)(H3,16,17);2*1H/p-2. The SMILES string of the molecule is Cc1cc(C)c(CSC(=N)N)c(C)c1CSC(=N)N.[Cl-].[Cl-]. The van der Waals surface area contributed by atoms with Gasteiger partial charge in [0.15, 0.2) is 10.3 Å². The van der Waals surface area contributed by atoms with Gasteiger partial charge in [0, 0.05) is 11.5 Å². The van der Waals surface area contributed by atoms with Crippen LogP contribution in [0.25, 0.3) is 0 Å². The summed E-state index contributed by atoms with van der Waals surface area (Å²) in [5.41, 5.74) is 16.9. The molecule has 0 aromatic heterocycles. The number of thioether (sulfide) groups is 2. The van der Waals surface area contributed by atoms with Crippen LogP contribution < -0.4 is 36.3 Å². The Bertz CT molecular complexity index is 479. The normalized spacial score (nSPS) is 9.48. The van der Waals surface area contributed by atoms with Gasteiger partial charge in [0.25, 0.3) is 0 Å². The van der Waals surface area contributed by atoms with Gasteiger partial charge in [-0.15, -0.1) is 0 Å². The lowest BCUT2D eigenvalue weighted by Crippen LogP contribution is -3.00. The predicted octanol–water partition coefficient (Wildman–Crippen LogP) is -3.13. The van der Waals surface area contributed by atoms with Crippen LogP contribution in [0.1, 0.15) is 27.8 Å². The van der Waals surface area contributed by atoms with Gasteiger partial charge in [-0.2, -0.15) is 0 Å². The highest BCUT2D eigenvalue weighted by Gasteiger charge is 2.12. The van der Waals surface area contributed by atoms with Gasteiger partial charge >= 0.3 is 0 Å². The first kappa shape index (κ1) is 22.7. The molecule has 0 aliphatic carbocycles. The number of rotatable bonds is 4. The average molecular weight is 367 g/mol. The molecule has 0 radical (unpaired) electrons. The molecule has 21 heavy (non-hydrogen) atoms. The van der Waals surface area contributed by atoms with Crippen molar-refractivity contribution in [2.24, 2.45) is 11.5 Å². The summed E-state index contributed by atoms with van der Waals surface area (Å²) >= 11 is 2.68. The monoisotopic (exact) mass is 366 g/mol. The van der Waals surface area contributed by atoms with E-state index in [0.717, 1.165) is 0 Å². The Morgan fingerprint density at radius 3 is 1.52 bits per heavy atom. The maximum Gasteiger partial charge on any atom is 0.151 e. The third kappa shape index (κ3) is 6.82. The van der Waals surface area contributed by atoms with E-state index in [-0.39, 0.29) is 35.1 Å². The molecule has 0 aliphatic heterocycles. The van der Waals surface area contributed by atoms with Crippen molar-refractivity contribution in [3.05, 3.63) is 33.9 Å². The van der Waals surface area contributed by atoms with Crippen molar-refractivity contribution in [2.75, 3.05) is 0 Å². The maximum absolute atomic E-state index is 7.31. The molecule has 0 spiro atoms. The summed E-state index contributed by atoms with van der Waals surface area (Å²) in [5, 5.41) is 14.9. The van der Waals surface area contributed by atoms with Crippen LogP contribution in [0.2, 0.25) is 0 Å². The molecule has 0 atom stereocenters. The van der Waals surface area contributed by atoms with Crippen molar-refractivity contribution in [2.45, 2.75) is 32.3 Å². The van der Waals surface area contributed by atoms with Crippen LogP contribution in [0.3, 0.4) is 0 Å². The molecule has 0 unspecified atom stereocenters. The minimum Gasteiger partial charge on any atom is -1.00 e. The van der Waals surface area contributed by atoms with Crippen LogP contribution in [0, 0.1) is 31.6 Å². The van der Waals surface area contributed by atoms with Gasteiger partial charge < -0.3 is 36.3 Å². The number of nitrogens with one attached hydrogen (secondary N) is 2. The summed E-state index contributed by atoms with van der Waals surface area (Å²) < 4.78 is 0. The van der Waals surface area contributed by atoms with Crippen LogP contribution in [-0.2, 0) is 11.5 Å². The van der Waals surface area contributed by atoms with Crippen LogP contribution in [0.5, 0.6) is 0 Å². The number of hydrogen-bond donors (Lipinski definition) is 4. The molecule has 0 bridgehead atoms. The number of aryl methyl sites for hydroxylation is 2. The third-order valence-electron chi connectivity index (χ3n) is 3.03. The van der Waals surface area contributed by atoms with Crippen LogP contribution in [-0.4, -0.2) is 10.3 Å². The lowest BCUT2D eigenvalue weighted by atomic mass is 9.95. The molecule has 0 saturated heterocycles. The molecule has 120 valence electrons. The first-order valence-corrected chi connectivity index (χ1v) is 7.82. The fraction of sp³-hybridized carbons (Fsp3) is 0.385. The Balaban J connectivity index is 0. The van der Waals surface area contributed by atoms with Gasteiger partial charge in [-0.1, -0.05) is 29.6 Å². The van der Waals surface area contributed by atoms with Crippen LogP contribution >= 0.6 is 23.5 Å². The van der Waals surface area contributed by atoms with E-state index in [1.165, 1.54) is 51.3 Å². The first-order chi connectivity index (χ1) is 8.82. The van der Waals surface area contributed by atoms with Crippen LogP contribution in [0.4, 0.5) is 0 Å². The fourth-order valence-electron chi connectivity index (χ4n) is 2.02. The summed E-state index contributed by atoms with van der Waals surface area (Å²) in [7, 11) is 0. The Morgan fingerprint density at radius 2 is 1.24 bits per heavy atom. The van der Waals surface area contributed by atoms with E-state index < -0.39 is 0 Å². The quantitative estimate of drug-likeness (QED) is 0.334. The second-order valence-corrected chi connectivity index (χ2v) is 6.43. The second-order valence-electron chi connectivity index (χ2n) is 4.40. The number of nitrogens with two attached hydrogens (primary N) is 2. The van der Waals surface area contributed by atoms with Crippen LogP contribution in [0.15, 0.2) is 6.07 Å². The fourth-order valence-corrected chi connectivity index (χ4v) is 3.50. The summed E-state index contributed by atoms with van der Waals surface area (Å²) in [6.45, 7) is 6.25. The van der Waals surface area contributed by atoms with E-state index in [4.69, 9.17) is 22.3 Å². The average Bonchev–Trinajstić information content (AvgIpc) is 2.27. The van der Waals surface area contributed by atoms with Crippen molar-refractivity contribution in [1.29, 1.82) is 10.8 Å². The maximum atomic E-state index is 7.31. The van der Waals surface area contributed by atoms with E-state index >= 15 is 0 Å². The number of amidine groups is 2. The zero-order chi connectivity index (χ0) is 14.6. The molecule has 0 heterocycles. The topological polar surface area (TPSA) is 99.7 Å². The van der Waals surface area contributed by atoms with E-state index in [9.17, 15) is 0 Å². The predicted molar refractivity (Wildman–Crippen MR) is 87.1 cm³/mol. The Labute approximate surface area is 147 Å². The molecule has 1 aromatic rings. The zero-order valence-corrected chi connectivity index (χ0v) is 15.4. The lowest BCUT2D eigenvalue weighted by molar-refractivity contribution is -0.001000. The highest BCUT2D eigenvalue weighted by atomic mass is 35.5. The second kappa shape index (κ2) is 10.2. The molecule has 8 heteroatoms. The molecule has 1 rings (SSSR count). The van der Waals surface area contributed by atoms with E-state index in [2.05, 4.69) is 26.8 Å². The van der Waals surface area contributed by atoms with Crippen molar-refractivity contribution < 1.29 is 24.8 Å². The van der Waals surface area contributed by atoms with E-state index in [1.54, 1.807) is 0 Å². The van der Waals surface area contributed by atoms with Gasteiger partial charge in [0.1, 0.15) is 0 Å². The van der Waals surface area contributed by atoms with Crippen molar-refractivity contribution in [3.63, 3.8) is 0 Å². The van der Waals surface area contributed by atoms with E-state index in [0.29, 0.717) is 11.5 Å². The molecular formula is C13H20Cl2N4S2-2. The minimum atomic E-state index is 0. The summed E-state index contributed by atoms with van der Waals surface area (Å²) in [4.78, 5) is 0. The zero-order valence-electron chi connectivity index (χ0n) is 12.2. The molecule has 0 fully saturated rings. The number of hydrogen-bond acceptors (Lipinski definition) is 4. The smallest absolute Gasteiger partial charge is 0.151 e. The Hall–Kier alpha value is -0.560. The van der Waals surface area contributed by atoms with Gasteiger partial charge in [-0.3, -0.25) is 10.8 Å².